The topological polar surface area (TPSA) is 12.0 Å². The van der Waals surface area contributed by atoms with Crippen LogP contribution in [0.2, 0.25) is 0 Å². The van der Waals surface area contributed by atoms with Gasteiger partial charge in [0, 0.05) is 22.6 Å². The summed E-state index contributed by atoms with van der Waals surface area (Å²) in [5.74, 6) is 1.76. The molecule has 0 spiro atoms. The normalized spacial score (nSPS) is 20.0. The van der Waals surface area contributed by atoms with Gasteiger partial charge in [-0.05, 0) is 31.5 Å². The van der Waals surface area contributed by atoms with Gasteiger partial charge in [0.05, 0.1) is 0 Å². The number of fused-ring (bicyclic) bond motifs is 1. The number of hydrogen-bond donors (Lipinski definition) is 1. The summed E-state index contributed by atoms with van der Waals surface area (Å²) in [6.45, 7) is 9.57. The van der Waals surface area contributed by atoms with Crippen LogP contribution in [0.15, 0.2) is 41.3 Å². The van der Waals surface area contributed by atoms with E-state index in [0.717, 1.165) is 6.54 Å². The zero-order valence-electron chi connectivity index (χ0n) is 10.7. The fourth-order valence-electron chi connectivity index (χ4n) is 2.42. The third-order valence-corrected chi connectivity index (χ3v) is 4.49. The second-order valence-corrected chi connectivity index (χ2v) is 5.80. The van der Waals surface area contributed by atoms with E-state index >= 15 is 0 Å². The monoisotopic (exact) mass is 247 g/mol. The first-order valence-corrected chi connectivity index (χ1v) is 7.33. The van der Waals surface area contributed by atoms with E-state index in [-0.39, 0.29) is 0 Å². The SMILES string of the molecule is C=C(C)C(NCCC)C1CSc2ccccc21. The minimum Gasteiger partial charge on any atom is -0.310 e. The summed E-state index contributed by atoms with van der Waals surface area (Å²) in [7, 11) is 0. The van der Waals surface area contributed by atoms with Crippen LogP contribution in [0.1, 0.15) is 31.7 Å². The van der Waals surface area contributed by atoms with Crippen LogP contribution in [0.25, 0.3) is 0 Å². The Morgan fingerprint density at radius 1 is 1.53 bits per heavy atom. The molecule has 2 atom stereocenters. The van der Waals surface area contributed by atoms with E-state index in [1.807, 2.05) is 11.8 Å². The zero-order valence-corrected chi connectivity index (χ0v) is 11.5. The molecule has 1 aromatic rings. The highest BCUT2D eigenvalue weighted by molar-refractivity contribution is 7.99. The lowest BCUT2D eigenvalue weighted by atomic mass is 9.89. The molecule has 0 aliphatic carbocycles. The summed E-state index contributed by atoms with van der Waals surface area (Å²) >= 11 is 1.97. The second-order valence-electron chi connectivity index (χ2n) is 4.73. The van der Waals surface area contributed by atoms with Crippen LogP contribution >= 0.6 is 11.8 Å². The van der Waals surface area contributed by atoms with Crippen molar-refractivity contribution in [3.05, 3.63) is 42.0 Å². The van der Waals surface area contributed by atoms with Gasteiger partial charge in [-0.15, -0.1) is 11.8 Å². The third-order valence-electron chi connectivity index (χ3n) is 3.28. The maximum atomic E-state index is 4.15. The summed E-state index contributed by atoms with van der Waals surface area (Å²) in [5.41, 5.74) is 2.75. The van der Waals surface area contributed by atoms with Crippen molar-refractivity contribution in [2.45, 2.75) is 37.1 Å². The predicted molar refractivity (Wildman–Crippen MR) is 76.8 cm³/mol. The van der Waals surface area contributed by atoms with Crippen molar-refractivity contribution >= 4 is 11.8 Å². The molecule has 1 N–H and O–H groups in total. The Morgan fingerprint density at radius 3 is 3.00 bits per heavy atom. The molecule has 17 heavy (non-hydrogen) atoms. The average molecular weight is 247 g/mol. The number of benzene rings is 1. The number of thioether (sulfide) groups is 1. The van der Waals surface area contributed by atoms with Gasteiger partial charge in [0.15, 0.2) is 0 Å². The van der Waals surface area contributed by atoms with Gasteiger partial charge < -0.3 is 5.32 Å². The van der Waals surface area contributed by atoms with E-state index in [2.05, 4.69) is 50.0 Å². The van der Waals surface area contributed by atoms with Gasteiger partial charge in [-0.2, -0.15) is 0 Å². The van der Waals surface area contributed by atoms with Gasteiger partial charge in [0.2, 0.25) is 0 Å². The van der Waals surface area contributed by atoms with Gasteiger partial charge in [0.25, 0.3) is 0 Å². The maximum absolute atomic E-state index is 4.15. The smallest absolute Gasteiger partial charge is 0.0351 e. The van der Waals surface area contributed by atoms with Crippen molar-refractivity contribution in [1.29, 1.82) is 0 Å². The van der Waals surface area contributed by atoms with Crippen molar-refractivity contribution in [3.63, 3.8) is 0 Å². The molecule has 0 bridgehead atoms. The van der Waals surface area contributed by atoms with Crippen molar-refractivity contribution < 1.29 is 0 Å². The van der Waals surface area contributed by atoms with Crippen LogP contribution in [0.5, 0.6) is 0 Å². The molecule has 0 saturated carbocycles. The quantitative estimate of drug-likeness (QED) is 0.794. The minimum atomic E-state index is 0.422. The van der Waals surface area contributed by atoms with Crippen molar-refractivity contribution in [3.8, 4) is 0 Å². The fraction of sp³-hybridized carbons (Fsp3) is 0.467. The third kappa shape index (κ3) is 2.75. The summed E-state index contributed by atoms with van der Waals surface area (Å²) in [6, 6.07) is 9.20. The molecule has 0 amide bonds. The molecule has 0 fully saturated rings. The Balaban J connectivity index is 2.18. The van der Waals surface area contributed by atoms with Crippen LogP contribution in [0.4, 0.5) is 0 Å². The largest absolute Gasteiger partial charge is 0.310 e. The van der Waals surface area contributed by atoms with Crippen LogP contribution in [-0.4, -0.2) is 18.3 Å². The van der Waals surface area contributed by atoms with E-state index in [1.54, 1.807) is 0 Å². The Morgan fingerprint density at radius 2 is 2.29 bits per heavy atom. The van der Waals surface area contributed by atoms with Gasteiger partial charge >= 0.3 is 0 Å². The highest BCUT2D eigenvalue weighted by atomic mass is 32.2. The molecule has 2 heteroatoms. The molecule has 1 heterocycles. The molecule has 0 saturated heterocycles. The van der Waals surface area contributed by atoms with E-state index in [4.69, 9.17) is 0 Å². The lowest BCUT2D eigenvalue weighted by molar-refractivity contribution is 0.506. The van der Waals surface area contributed by atoms with Crippen LogP contribution in [0, 0.1) is 0 Å². The van der Waals surface area contributed by atoms with E-state index < -0.39 is 0 Å². The van der Waals surface area contributed by atoms with E-state index in [0.29, 0.717) is 12.0 Å². The Kier molecular flexibility index (Phi) is 4.30. The molecule has 0 aromatic heterocycles. The fourth-order valence-corrected chi connectivity index (χ4v) is 3.72. The van der Waals surface area contributed by atoms with Crippen molar-refractivity contribution in [2.75, 3.05) is 12.3 Å². The minimum absolute atomic E-state index is 0.422. The number of hydrogen-bond acceptors (Lipinski definition) is 2. The van der Waals surface area contributed by atoms with Gasteiger partial charge in [-0.3, -0.25) is 0 Å². The molecule has 2 unspecified atom stereocenters. The van der Waals surface area contributed by atoms with Crippen LogP contribution in [0.3, 0.4) is 0 Å². The summed E-state index contributed by atoms with van der Waals surface area (Å²) in [4.78, 5) is 1.45. The molecule has 1 nitrogen and oxygen atoms in total. The first-order valence-electron chi connectivity index (χ1n) is 6.34. The molecular weight excluding hydrogens is 226 g/mol. The molecule has 1 aliphatic rings. The summed E-state index contributed by atoms with van der Waals surface area (Å²) < 4.78 is 0. The van der Waals surface area contributed by atoms with Gasteiger partial charge in [-0.25, -0.2) is 0 Å². The second kappa shape index (κ2) is 5.74. The Bertz CT molecular complexity index is 400. The molecule has 1 aromatic carbocycles. The van der Waals surface area contributed by atoms with Gasteiger partial charge in [0.1, 0.15) is 0 Å². The lowest BCUT2D eigenvalue weighted by Gasteiger charge is -2.25. The van der Waals surface area contributed by atoms with E-state index in [1.165, 1.54) is 28.2 Å². The van der Waals surface area contributed by atoms with Crippen LogP contribution < -0.4 is 5.32 Å². The van der Waals surface area contributed by atoms with Crippen LogP contribution in [-0.2, 0) is 0 Å². The maximum Gasteiger partial charge on any atom is 0.0351 e. The lowest BCUT2D eigenvalue weighted by Crippen LogP contribution is -2.36. The zero-order chi connectivity index (χ0) is 12.3. The number of rotatable bonds is 5. The summed E-state index contributed by atoms with van der Waals surface area (Å²) in [6.07, 6.45) is 1.17. The molecule has 0 radical (unpaired) electrons. The first-order chi connectivity index (χ1) is 8.24. The van der Waals surface area contributed by atoms with Gasteiger partial charge in [-0.1, -0.05) is 37.3 Å². The van der Waals surface area contributed by atoms with Crippen molar-refractivity contribution in [1.82, 2.24) is 5.32 Å². The highest BCUT2D eigenvalue weighted by Crippen LogP contribution is 2.42. The molecule has 2 rings (SSSR count). The molecular formula is C15H21NS. The van der Waals surface area contributed by atoms with E-state index in [9.17, 15) is 0 Å². The standard InChI is InChI=1S/C15H21NS/c1-4-9-16-15(11(2)3)13-10-17-14-8-6-5-7-12(13)14/h5-8,13,15-16H,2,4,9-10H2,1,3H3. The molecule has 1 aliphatic heterocycles. The first kappa shape index (κ1) is 12.7. The predicted octanol–water partition coefficient (Wildman–Crippen LogP) is 3.82. The Labute approximate surface area is 109 Å². The molecule has 92 valence electrons. The Hall–Kier alpha value is -0.730. The highest BCUT2D eigenvalue weighted by Gasteiger charge is 2.29. The number of nitrogens with one attached hydrogen (secondary N) is 1. The summed E-state index contributed by atoms with van der Waals surface area (Å²) in [5, 5.41) is 3.64. The van der Waals surface area contributed by atoms with Crippen molar-refractivity contribution in [2.24, 2.45) is 0 Å². The average Bonchev–Trinajstić information content (AvgIpc) is 2.73.